The van der Waals surface area contributed by atoms with E-state index in [0.29, 0.717) is 6.04 Å². The van der Waals surface area contributed by atoms with Crippen LogP contribution in [0.5, 0.6) is 5.75 Å². The van der Waals surface area contributed by atoms with Gasteiger partial charge in [-0.3, -0.25) is 0 Å². The summed E-state index contributed by atoms with van der Waals surface area (Å²) < 4.78 is 5.33. The van der Waals surface area contributed by atoms with Crippen LogP contribution in [0.4, 0.5) is 17.3 Å². The van der Waals surface area contributed by atoms with Crippen molar-refractivity contribution in [1.29, 1.82) is 0 Å². The van der Waals surface area contributed by atoms with Crippen molar-refractivity contribution >= 4 is 17.3 Å². The predicted molar refractivity (Wildman–Crippen MR) is 79.7 cm³/mol. The Morgan fingerprint density at radius 2 is 1.90 bits per heavy atom. The van der Waals surface area contributed by atoms with Crippen molar-refractivity contribution < 1.29 is 4.74 Å². The van der Waals surface area contributed by atoms with Gasteiger partial charge in [0.15, 0.2) is 0 Å². The summed E-state index contributed by atoms with van der Waals surface area (Å²) in [5, 5.41) is 6.67. The van der Waals surface area contributed by atoms with Crippen LogP contribution in [0.25, 0.3) is 0 Å². The quantitative estimate of drug-likeness (QED) is 0.874. The Bertz CT molecular complexity index is 611. The Morgan fingerprint density at radius 1 is 1.15 bits per heavy atom. The van der Waals surface area contributed by atoms with E-state index in [4.69, 9.17) is 4.74 Å². The summed E-state index contributed by atoms with van der Waals surface area (Å²) in [5.41, 5.74) is 0.894. The van der Waals surface area contributed by atoms with Crippen LogP contribution in [0.15, 0.2) is 30.3 Å². The highest BCUT2D eigenvalue weighted by molar-refractivity contribution is 5.65. The lowest BCUT2D eigenvalue weighted by atomic mass is 10.3. The molecule has 5 nitrogen and oxygen atoms in total. The number of hydrogen-bond donors (Lipinski definition) is 2. The Kier molecular flexibility index (Phi) is 3.41. The minimum Gasteiger partial charge on any atom is -0.495 e. The lowest BCUT2D eigenvalue weighted by Crippen LogP contribution is -2.06. The molecule has 0 spiro atoms. The van der Waals surface area contributed by atoms with Gasteiger partial charge in [-0.05, 0) is 31.9 Å². The SMILES string of the molecule is COc1ccccc1Nc1cc(NC2CC2)nc(C)n1. The molecule has 104 valence electrons. The lowest BCUT2D eigenvalue weighted by Gasteiger charge is -2.12. The number of anilines is 3. The third kappa shape index (κ3) is 2.99. The third-order valence-electron chi connectivity index (χ3n) is 3.14. The van der Waals surface area contributed by atoms with Gasteiger partial charge in [0.1, 0.15) is 23.2 Å². The van der Waals surface area contributed by atoms with E-state index in [0.717, 1.165) is 28.9 Å². The largest absolute Gasteiger partial charge is 0.495 e. The van der Waals surface area contributed by atoms with Crippen molar-refractivity contribution in [2.45, 2.75) is 25.8 Å². The zero-order chi connectivity index (χ0) is 13.9. The molecule has 1 aromatic heterocycles. The molecule has 20 heavy (non-hydrogen) atoms. The first-order valence-electron chi connectivity index (χ1n) is 6.77. The van der Waals surface area contributed by atoms with Crippen LogP contribution >= 0.6 is 0 Å². The molecule has 0 radical (unpaired) electrons. The number of aryl methyl sites for hydroxylation is 1. The number of nitrogens with one attached hydrogen (secondary N) is 2. The number of aromatic nitrogens is 2. The van der Waals surface area contributed by atoms with Gasteiger partial charge in [0.25, 0.3) is 0 Å². The molecule has 1 aliphatic rings. The topological polar surface area (TPSA) is 59.1 Å². The van der Waals surface area contributed by atoms with E-state index >= 15 is 0 Å². The molecule has 0 aliphatic heterocycles. The zero-order valence-electron chi connectivity index (χ0n) is 11.7. The second-order valence-electron chi connectivity index (χ2n) is 4.93. The van der Waals surface area contributed by atoms with Gasteiger partial charge in [0.2, 0.25) is 0 Å². The minimum atomic E-state index is 0.573. The monoisotopic (exact) mass is 270 g/mol. The van der Waals surface area contributed by atoms with Gasteiger partial charge < -0.3 is 15.4 Å². The van der Waals surface area contributed by atoms with Gasteiger partial charge in [-0.1, -0.05) is 12.1 Å². The van der Waals surface area contributed by atoms with Crippen molar-refractivity contribution in [2.24, 2.45) is 0 Å². The number of hydrogen-bond acceptors (Lipinski definition) is 5. The molecule has 0 unspecified atom stereocenters. The maximum atomic E-state index is 5.33. The Morgan fingerprint density at radius 3 is 2.65 bits per heavy atom. The fourth-order valence-electron chi connectivity index (χ4n) is 2.03. The van der Waals surface area contributed by atoms with Gasteiger partial charge in [-0.2, -0.15) is 0 Å². The second kappa shape index (κ2) is 5.36. The van der Waals surface area contributed by atoms with E-state index in [2.05, 4.69) is 20.6 Å². The number of methoxy groups -OCH3 is 1. The average molecular weight is 270 g/mol. The Labute approximate surface area is 118 Å². The minimum absolute atomic E-state index is 0.573. The molecule has 1 aliphatic carbocycles. The fourth-order valence-corrected chi connectivity index (χ4v) is 2.03. The first-order chi connectivity index (χ1) is 9.74. The van der Waals surface area contributed by atoms with Crippen LogP contribution < -0.4 is 15.4 Å². The first kappa shape index (κ1) is 12.7. The summed E-state index contributed by atoms with van der Waals surface area (Å²) in [6, 6.07) is 10.3. The maximum Gasteiger partial charge on any atom is 0.142 e. The van der Waals surface area contributed by atoms with Crippen molar-refractivity contribution in [1.82, 2.24) is 9.97 Å². The number of benzene rings is 1. The maximum absolute atomic E-state index is 5.33. The molecular formula is C15H18N4O. The van der Waals surface area contributed by atoms with E-state index in [9.17, 15) is 0 Å². The summed E-state index contributed by atoms with van der Waals surface area (Å²) in [4.78, 5) is 8.82. The molecule has 2 aromatic rings. The molecule has 5 heteroatoms. The number of para-hydroxylation sites is 2. The van der Waals surface area contributed by atoms with Crippen LogP contribution in [0.2, 0.25) is 0 Å². The van der Waals surface area contributed by atoms with Gasteiger partial charge in [-0.25, -0.2) is 9.97 Å². The molecular weight excluding hydrogens is 252 g/mol. The Hall–Kier alpha value is -2.30. The number of nitrogens with zero attached hydrogens (tertiary/aromatic N) is 2. The van der Waals surface area contributed by atoms with Gasteiger partial charge in [-0.15, -0.1) is 0 Å². The van der Waals surface area contributed by atoms with Crippen LogP contribution in [-0.2, 0) is 0 Å². The van der Waals surface area contributed by atoms with Crippen molar-refractivity contribution in [3.8, 4) is 5.75 Å². The molecule has 3 rings (SSSR count). The summed E-state index contributed by atoms with van der Waals surface area (Å²) in [6.45, 7) is 1.89. The van der Waals surface area contributed by atoms with Gasteiger partial charge >= 0.3 is 0 Å². The summed E-state index contributed by atoms with van der Waals surface area (Å²) in [5.74, 6) is 3.18. The van der Waals surface area contributed by atoms with Crippen LogP contribution in [0.3, 0.4) is 0 Å². The molecule has 0 bridgehead atoms. The van der Waals surface area contributed by atoms with Crippen molar-refractivity contribution in [3.05, 3.63) is 36.2 Å². The van der Waals surface area contributed by atoms with E-state index < -0.39 is 0 Å². The zero-order valence-corrected chi connectivity index (χ0v) is 11.7. The highest BCUT2D eigenvalue weighted by Gasteiger charge is 2.21. The highest BCUT2D eigenvalue weighted by Crippen LogP contribution is 2.28. The smallest absolute Gasteiger partial charge is 0.142 e. The van der Waals surface area contributed by atoms with E-state index in [-0.39, 0.29) is 0 Å². The molecule has 1 saturated carbocycles. The third-order valence-corrected chi connectivity index (χ3v) is 3.14. The van der Waals surface area contributed by atoms with Gasteiger partial charge in [0, 0.05) is 12.1 Å². The molecule has 0 saturated heterocycles. The molecule has 0 atom stereocenters. The fraction of sp³-hybridized carbons (Fsp3) is 0.333. The standard InChI is InChI=1S/C15H18N4O/c1-10-16-14(18-11-7-8-11)9-15(17-10)19-12-5-3-4-6-13(12)20-2/h3-6,9,11H,7-8H2,1-2H3,(H2,16,17,18,19). The summed E-state index contributed by atoms with van der Waals surface area (Å²) >= 11 is 0. The summed E-state index contributed by atoms with van der Waals surface area (Å²) in [6.07, 6.45) is 2.44. The van der Waals surface area contributed by atoms with Crippen LogP contribution in [-0.4, -0.2) is 23.1 Å². The predicted octanol–water partition coefficient (Wildman–Crippen LogP) is 3.11. The molecule has 1 heterocycles. The van der Waals surface area contributed by atoms with E-state index in [1.165, 1.54) is 12.8 Å². The van der Waals surface area contributed by atoms with Crippen LogP contribution in [0, 0.1) is 6.92 Å². The number of ether oxygens (including phenoxy) is 1. The van der Waals surface area contributed by atoms with E-state index in [1.807, 2.05) is 37.3 Å². The lowest BCUT2D eigenvalue weighted by molar-refractivity contribution is 0.417. The molecule has 0 amide bonds. The number of rotatable bonds is 5. The molecule has 2 N–H and O–H groups in total. The molecule has 1 fully saturated rings. The van der Waals surface area contributed by atoms with Crippen LogP contribution in [0.1, 0.15) is 18.7 Å². The van der Waals surface area contributed by atoms with Crippen molar-refractivity contribution in [3.63, 3.8) is 0 Å². The van der Waals surface area contributed by atoms with Crippen molar-refractivity contribution in [2.75, 3.05) is 17.7 Å². The highest BCUT2D eigenvalue weighted by atomic mass is 16.5. The normalized spacial score (nSPS) is 13.9. The molecule has 1 aromatic carbocycles. The summed E-state index contributed by atoms with van der Waals surface area (Å²) in [7, 11) is 1.66. The second-order valence-corrected chi connectivity index (χ2v) is 4.93. The first-order valence-corrected chi connectivity index (χ1v) is 6.77. The Balaban J connectivity index is 1.83. The average Bonchev–Trinajstić information content (AvgIpc) is 3.22. The van der Waals surface area contributed by atoms with E-state index in [1.54, 1.807) is 7.11 Å². The van der Waals surface area contributed by atoms with Gasteiger partial charge in [0.05, 0.1) is 12.8 Å².